The van der Waals surface area contributed by atoms with E-state index in [1.165, 1.54) is 0 Å². The second kappa shape index (κ2) is 7.31. The Morgan fingerprint density at radius 3 is 2.41 bits per heavy atom. The van der Waals surface area contributed by atoms with Crippen LogP contribution in [0.1, 0.15) is 40.5 Å². The van der Waals surface area contributed by atoms with Gasteiger partial charge in [-0.15, -0.1) is 0 Å². The first kappa shape index (κ1) is 16.8. The number of aliphatic hydroxyl groups is 1. The monoisotopic (exact) mass is 267 g/mol. The van der Waals surface area contributed by atoms with E-state index in [0.717, 1.165) is 0 Å². The van der Waals surface area contributed by atoms with Gasteiger partial charge in [-0.2, -0.15) is 0 Å². The fourth-order valence-corrected chi connectivity index (χ4v) is 2.78. The van der Waals surface area contributed by atoms with Crippen molar-refractivity contribution < 1.29 is 18.3 Å². The zero-order valence-corrected chi connectivity index (χ0v) is 12.0. The molecule has 104 valence electrons. The molecule has 0 saturated heterocycles. The molecule has 0 spiro atoms. The second-order valence-electron chi connectivity index (χ2n) is 4.73. The summed E-state index contributed by atoms with van der Waals surface area (Å²) in [5.74, 6) is -0.0494. The zero-order valence-electron chi connectivity index (χ0n) is 11.2. The molecular formula is C11H25NO4S. The Balaban J connectivity index is 4.32. The molecule has 0 aliphatic rings. The van der Waals surface area contributed by atoms with Crippen molar-refractivity contribution in [1.82, 2.24) is 4.72 Å². The summed E-state index contributed by atoms with van der Waals surface area (Å²) in [7, 11) is -3.36. The maximum Gasteiger partial charge on any atom is 0.214 e. The van der Waals surface area contributed by atoms with Gasteiger partial charge < -0.3 is 9.84 Å². The van der Waals surface area contributed by atoms with Crippen molar-refractivity contribution in [3.05, 3.63) is 0 Å². The molecule has 5 nitrogen and oxygen atoms in total. The van der Waals surface area contributed by atoms with E-state index in [4.69, 9.17) is 9.84 Å². The van der Waals surface area contributed by atoms with Crippen LogP contribution in [0.15, 0.2) is 0 Å². The summed E-state index contributed by atoms with van der Waals surface area (Å²) < 4.78 is 31.4. The summed E-state index contributed by atoms with van der Waals surface area (Å²) in [6.07, 6.45) is 1.08. The third-order valence-electron chi connectivity index (χ3n) is 2.65. The Hall–Kier alpha value is -0.170. The minimum absolute atomic E-state index is 0.0280. The van der Waals surface area contributed by atoms with Crippen molar-refractivity contribution in [3.63, 3.8) is 0 Å². The number of sulfonamides is 1. The first-order valence-corrected chi connectivity index (χ1v) is 7.64. The molecule has 0 rings (SSSR count). The predicted molar refractivity (Wildman–Crippen MR) is 68.4 cm³/mol. The van der Waals surface area contributed by atoms with Crippen molar-refractivity contribution in [3.8, 4) is 0 Å². The summed E-state index contributed by atoms with van der Waals surface area (Å²) in [6, 6.07) is 0. The highest BCUT2D eigenvalue weighted by molar-refractivity contribution is 7.89. The van der Waals surface area contributed by atoms with E-state index in [-0.39, 0.29) is 25.1 Å². The molecule has 0 aliphatic carbocycles. The average Bonchev–Trinajstić information content (AvgIpc) is 2.16. The minimum Gasteiger partial charge on any atom is -0.396 e. The maximum atomic E-state index is 11.8. The summed E-state index contributed by atoms with van der Waals surface area (Å²) in [6.45, 7) is 7.57. The van der Waals surface area contributed by atoms with E-state index in [0.29, 0.717) is 12.8 Å². The molecule has 0 amide bonds. The highest BCUT2D eigenvalue weighted by atomic mass is 32.2. The summed E-state index contributed by atoms with van der Waals surface area (Å²) in [4.78, 5) is 0. The zero-order chi connectivity index (χ0) is 13.5. The van der Waals surface area contributed by atoms with E-state index < -0.39 is 15.6 Å². The molecule has 0 aromatic carbocycles. The van der Waals surface area contributed by atoms with Crippen LogP contribution < -0.4 is 4.72 Å². The van der Waals surface area contributed by atoms with Crippen molar-refractivity contribution in [2.24, 2.45) is 0 Å². The van der Waals surface area contributed by atoms with Gasteiger partial charge >= 0.3 is 0 Å². The molecule has 1 atom stereocenters. The number of nitrogens with one attached hydrogen (secondary N) is 1. The number of ether oxygens (including phenoxy) is 1. The first-order valence-electron chi connectivity index (χ1n) is 5.99. The Morgan fingerprint density at radius 2 is 2.00 bits per heavy atom. The smallest absolute Gasteiger partial charge is 0.214 e. The second-order valence-corrected chi connectivity index (χ2v) is 6.57. The van der Waals surface area contributed by atoms with Gasteiger partial charge in [0.15, 0.2) is 0 Å². The highest BCUT2D eigenvalue weighted by Gasteiger charge is 2.27. The third-order valence-corrected chi connectivity index (χ3v) is 4.16. The Bertz CT molecular complexity index is 303. The van der Waals surface area contributed by atoms with Gasteiger partial charge in [-0.05, 0) is 33.6 Å². The fraction of sp³-hybridized carbons (Fsp3) is 1.00. The van der Waals surface area contributed by atoms with Gasteiger partial charge in [0.2, 0.25) is 10.0 Å². The standard InChI is InChI=1S/C11H25NO4S/c1-5-11(4,6-7-13)12-17(14,15)9-8-16-10(2)3/h10,12-13H,5-9H2,1-4H3. The number of aliphatic hydroxyl groups excluding tert-OH is 1. The maximum absolute atomic E-state index is 11.8. The topological polar surface area (TPSA) is 75.6 Å². The minimum atomic E-state index is -3.36. The van der Waals surface area contributed by atoms with E-state index in [1.807, 2.05) is 20.8 Å². The summed E-state index contributed by atoms with van der Waals surface area (Å²) >= 11 is 0. The lowest BCUT2D eigenvalue weighted by molar-refractivity contribution is 0.0910. The lowest BCUT2D eigenvalue weighted by Crippen LogP contribution is -2.47. The highest BCUT2D eigenvalue weighted by Crippen LogP contribution is 2.15. The van der Waals surface area contributed by atoms with Crippen LogP contribution in [-0.4, -0.2) is 44.1 Å². The van der Waals surface area contributed by atoms with Gasteiger partial charge in [0, 0.05) is 12.1 Å². The summed E-state index contributed by atoms with van der Waals surface area (Å²) in [5.41, 5.74) is -0.578. The molecule has 2 N–H and O–H groups in total. The van der Waals surface area contributed by atoms with Gasteiger partial charge in [0.1, 0.15) is 0 Å². The molecule has 1 unspecified atom stereocenters. The van der Waals surface area contributed by atoms with Crippen LogP contribution in [0.4, 0.5) is 0 Å². The normalized spacial score (nSPS) is 16.1. The van der Waals surface area contributed by atoms with Crippen LogP contribution in [0.2, 0.25) is 0 Å². The van der Waals surface area contributed by atoms with E-state index in [1.54, 1.807) is 6.92 Å². The molecular weight excluding hydrogens is 242 g/mol. The molecule has 0 radical (unpaired) electrons. The molecule has 0 saturated carbocycles. The number of hydrogen-bond acceptors (Lipinski definition) is 4. The van der Waals surface area contributed by atoms with Crippen LogP contribution in [0, 0.1) is 0 Å². The molecule has 0 aromatic rings. The fourth-order valence-electron chi connectivity index (χ4n) is 1.37. The van der Waals surface area contributed by atoms with Gasteiger partial charge in [0.25, 0.3) is 0 Å². The van der Waals surface area contributed by atoms with E-state index >= 15 is 0 Å². The molecule has 17 heavy (non-hydrogen) atoms. The van der Waals surface area contributed by atoms with Crippen LogP contribution in [0.25, 0.3) is 0 Å². The van der Waals surface area contributed by atoms with Crippen molar-refractivity contribution >= 4 is 10.0 Å². The van der Waals surface area contributed by atoms with Gasteiger partial charge in [-0.1, -0.05) is 6.92 Å². The van der Waals surface area contributed by atoms with Gasteiger partial charge in [-0.25, -0.2) is 13.1 Å². The molecule has 0 heterocycles. The molecule has 0 aliphatic heterocycles. The predicted octanol–water partition coefficient (Wildman–Crippen LogP) is 0.882. The Labute approximate surface area is 105 Å². The first-order chi connectivity index (χ1) is 7.74. The number of rotatable bonds is 9. The van der Waals surface area contributed by atoms with Gasteiger partial charge in [0.05, 0.1) is 18.5 Å². The SMILES string of the molecule is CCC(C)(CCO)NS(=O)(=O)CCOC(C)C. The van der Waals surface area contributed by atoms with Crippen LogP contribution in [0.5, 0.6) is 0 Å². The molecule has 0 aromatic heterocycles. The van der Waals surface area contributed by atoms with Crippen molar-refractivity contribution in [2.75, 3.05) is 19.0 Å². The molecule has 0 fully saturated rings. The van der Waals surface area contributed by atoms with Crippen molar-refractivity contribution in [1.29, 1.82) is 0 Å². The van der Waals surface area contributed by atoms with Crippen LogP contribution in [0.3, 0.4) is 0 Å². The van der Waals surface area contributed by atoms with Crippen molar-refractivity contribution in [2.45, 2.75) is 52.2 Å². The van der Waals surface area contributed by atoms with Crippen LogP contribution >= 0.6 is 0 Å². The lowest BCUT2D eigenvalue weighted by atomic mass is 9.97. The van der Waals surface area contributed by atoms with E-state index in [9.17, 15) is 8.42 Å². The average molecular weight is 267 g/mol. The van der Waals surface area contributed by atoms with Gasteiger partial charge in [-0.3, -0.25) is 0 Å². The Kier molecular flexibility index (Phi) is 7.23. The Morgan fingerprint density at radius 1 is 1.41 bits per heavy atom. The number of hydrogen-bond donors (Lipinski definition) is 2. The van der Waals surface area contributed by atoms with E-state index in [2.05, 4.69) is 4.72 Å². The third kappa shape index (κ3) is 7.70. The quantitative estimate of drug-likeness (QED) is 0.650. The lowest BCUT2D eigenvalue weighted by Gasteiger charge is -2.28. The summed E-state index contributed by atoms with van der Waals surface area (Å²) in [5, 5.41) is 8.92. The molecule has 6 heteroatoms. The molecule has 0 bridgehead atoms. The van der Waals surface area contributed by atoms with Crippen LogP contribution in [-0.2, 0) is 14.8 Å². The largest absolute Gasteiger partial charge is 0.396 e.